The smallest absolute Gasteiger partial charge is 0.313 e. The predicted molar refractivity (Wildman–Crippen MR) is 187 cm³/mol. The maximum Gasteiger partial charge on any atom is 0.313 e. The van der Waals surface area contributed by atoms with E-state index in [1.807, 2.05) is 44.2 Å². The first-order valence-corrected chi connectivity index (χ1v) is 18.1. The van der Waals surface area contributed by atoms with Gasteiger partial charge in [-0.15, -0.1) is 13.2 Å². The molecule has 274 valence electrons. The third kappa shape index (κ3) is 7.26. The summed E-state index contributed by atoms with van der Waals surface area (Å²) in [7, 11) is 1.69. The molecule has 0 aromatic heterocycles. The Hall–Kier alpha value is -3.58. The molecule has 8 atom stereocenters. The summed E-state index contributed by atoms with van der Waals surface area (Å²) in [6, 6.07) is 7.10. The van der Waals surface area contributed by atoms with Crippen LogP contribution in [0.2, 0.25) is 0 Å². The highest BCUT2D eigenvalue weighted by Crippen LogP contribution is 2.59. The van der Waals surface area contributed by atoms with Crippen molar-refractivity contribution in [3.05, 3.63) is 61.2 Å². The number of carbonyl (C=O) groups excluding carboxylic acids is 4. The van der Waals surface area contributed by atoms with Crippen LogP contribution in [-0.2, 0) is 33.4 Å². The van der Waals surface area contributed by atoms with Crippen LogP contribution in [0.5, 0.6) is 0 Å². The molecule has 4 aliphatic rings. The van der Waals surface area contributed by atoms with Gasteiger partial charge in [0.1, 0.15) is 17.7 Å². The number of allylic oxidation sites excluding steroid dienone is 1. The number of benzene rings is 1. The van der Waals surface area contributed by atoms with Crippen LogP contribution in [-0.4, -0.2) is 138 Å². The number of nitrogens with zero attached hydrogens (tertiary/aromatic N) is 4. The maximum atomic E-state index is 14.7. The highest BCUT2D eigenvalue weighted by molar-refractivity contribution is 5.98. The SMILES string of the molecule is C=CCCC(=O)N(C)[C@H](C)[C@H](OC(=O)[C@@H]1[C@@H]2CC[C@]3(O2)[C@H](C(=O)N(CC=C)CCN2CCOCC2)N([C@@H](CC)CO)C(=O)[C@@H]13)c1ccccc1. The molecule has 4 saturated heterocycles. The van der Waals surface area contributed by atoms with E-state index in [0.29, 0.717) is 52.0 Å². The molecule has 4 fully saturated rings. The molecule has 0 aliphatic carbocycles. The minimum Gasteiger partial charge on any atom is -0.455 e. The lowest BCUT2D eigenvalue weighted by molar-refractivity contribution is -0.165. The van der Waals surface area contributed by atoms with Crippen molar-refractivity contribution >= 4 is 23.7 Å². The molecule has 1 aromatic carbocycles. The number of aliphatic hydroxyl groups is 1. The van der Waals surface area contributed by atoms with E-state index in [9.17, 15) is 24.3 Å². The summed E-state index contributed by atoms with van der Waals surface area (Å²) in [5.41, 5.74) is -0.524. The van der Waals surface area contributed by atoms with Crippen LogP contribution in [0, 0.1) is 11.8 Å². The second kappa shape index (κ2) is 16.6. The predicted octanol–water partition coefficient (Wildman–Crippen LogP) is 2.58. The van der Waals surface area contributed by atoms with E-state index >= 15 is 0 Å². The number of esters is 1. The van der Waals surface area contributed by atoms with Gasteiger partial charge in [0.15, 0.2) is 0 Å². The number of amides is 3. The molecule has 4 heterocycles. The Morgan fingerprint density at radius 3 is 2.52 bits per heavy atom. The third-order valence-electron chi connectivity index (χ3n) is 11.1. The van der Waals surface area contributed by atoms with E-state index in [4.69, 9.17) is 14.2 Å². The van der Waals surface area contributed by atoms with Crippen molar-refractivity contribution in [2.45, 2.75) is 81.9 Å². The summed E-state index contributed by atoms with van der Waals surface area (Å²) in [6.45, 7) is 15.1. The van der Waals surface area contributed by atoms with E-state index in [2.05, 4.69) is 18.1 Å². The number of fused-ring (bicyclic) bond motifs is 1. The van der Waals surface area contributed by atoms with E-state index in [1.165, 1.54) is 4.90 Å². The van der Waals surface area contributed by atoms with Crippen LogP contribution in [0.4, 0.5) is 0 Å². The molecular formula is C38H54N4O8. The molecule has 0 unspecified atom stereocenters. The van der Waals surface area contributed by atoms with Crippen molar-refractivity contribution in [2.75, 3.05) is 59.6 Å². The van der Waals surface area contributed by atoms with E-state index < -0.39 is 53.7 Å². The number of rotatable bonds is 17. The van der Waals surface area contributed by atoms with Crippen molar-refractivity contribution < 1.29 is 38.5 Å². The van der Waals surface area contributed by atoms with Crippen LogP contribution < -0.4 is 0 Å². The molecule has 1 spiro atoms. The fourth-order valence-electron chi connectivity index (χ4n) is 8.28. The van der Waals surface area contributed by atoms with Gasteiger partial charge >= 0.3 is 5.97 Å². The lowest BCUT2D eigenvalue weighted by Gasteiger charge is -2.39. The zero-order chi connectivity index (χ0) is 36.0. The number of likely N-dealkylation sites (tertiary alicyclic amines) is 1. The molecule has 0 saturated carbocycles. The number of ether oxygens (including phenoxy) is 3. The first kappa shape index (κ1) is 37.7. The van der Waals surface area contributed by atoms with E-state index in [1.54, 1.807) is 29.0 Å². The van der Waals surface area contributed by atoms with Crippen molar-refractivity contribution in [2.24, 2.45) is 11.8 Å². The largest absolute Gasteiger partial charge is 0.455 e. The number of hydrogen-bond donors (Lipinski definition) is 1. The first-order chi connectivity index (χ1) is 24.1. The summed E-state index contributed by atoms with van der Waals surface area (Å²) in [5, 5.41) is 10.5. The second-order valence-corrected chi connectivity index (χ2v) is 13.9. The van der Waals surface area contributed by atoms with Crippen molar-refractivity contribution in [1.29, 1.82) is 0 Å². The molecule has 2 bridgehead atoms. The Labute approximate surface area is 296 Å². The van der Waals surface area contributed by atoms with Gasteiger partial charge in [0.05, 0.1) is 49.8 Å². The van der Waals surface area contributed by atoms with Gasteiger partial charge < -0.3 is 34.0 Å². The zero-order valence-corrected chi connectivity index (χ0v) is 29.8. The fraction of sp³-hybridized carbons (Fsp3) is 0.632. The van der Waals surface area contributed by atoms with E-state index in [0.717, 1.165) is 18.7 Å². The quantitative estimate of drug-likeness (QED) is 0.193. The number of hydrogen-bond acceptors (Lipinski definition) is 9. The molecule has 12 nitrogen and oxygen atoms in total. The molecule has 3 amide bonds. The summed E-state index contributed by atoms with van der Waals surface area (Å²) >= 11 is 0. The molecule has 1 aromatic rings. The monoisotopic (exact) mass is 694 g/mol. The lowest BCUT2D eigenvalue weighted by atomic mass is 9.70. The summed E-state index contributed by atoms with van der Waals surface area (Å²) in [5.74, 6) is -3.25. The summed E-state index contributed by atoms with van der Waals surface area (Å²) in [6.07, 6.45) is 4.08. The summed E-state index contributed by atoms with van der Waals surface area (Å²) < 4.78 is 18.5. The highest BCUT2D eigenvalue weighted by Gasteiger charge is 2.75. The average molecular weight is 695 g/mol. The molecule has 50 heavy (non-hydrogen) atoms. The number of morpholine rings is 1. The Morgan fingerprint density at radius 2 is 1.88 bits per heavy atom. The number of likely N-dealkylation sites (N-methyl/N-ethyl adjacent to an activating group) is 1. The standard InChI is InChI=1S/C38H54N4O8/c1-6-9-15-30(44)39(5)26(4)33(27-13-11-10-12-14-27)49-37(47)31-29-16-17-38(50-29)32(31)35(45)42(28(8-3)25-43)34(38)36(46)41(18-7-2)20-19-40-21-23-48-24-22-40/h6-7,10-14,26,28-29,31-34,43H,1-2,8-9,15-25H2,3-5H3/t26-,28+,29+,31-,32-,33+,34+,38-/m1/s1. The van der Waals surface area contributed by atoms with Gasteiger partial charge in [-0.3, -0.25) is 24.1 Å². The minimum atomic E-state index is -1.24. The lowest BCUT2D eigenvalue weighted by Crippen LogP contribution is -2.59. The van der Waals surface area contributed by atoms with Gasteiger partial charge in [0.2, 0.25) is 17.7 Å². The van der Waals surface area contributed by atoms with Gasteiger partial charge in [-0.25, -0.2) is 0 Å². The Morgan fingerprint density at radius 1 is 1.16 bits per heavy atom. The maximum absolute atomic E-state index is 14.7. The minimum absolute atomic E-state index is 0.105. The molecule has 5 rings (SSSR count). The number of aliphatic hydroxyl groups excluding tert-OH is 1. The normalized spacial score (nSPS) is 27.7. The van der Waals surface area contributed by atoms with Gasteiger partial charge in [-0.2, -0.15) is 0 Å². The van der Waals surface area contributed by atoms with Crippen molar-refractivity contribution in [3.8, 4) is 0 Å². The molecule has 0 radical (unpaired) electrons. The van der Waals surface area contributed by atoms with Crippen LogP contribution in [0.25, 0.3) is 0 Å². The Bertz CT molecular complexity index is 1380. The summed E-state index contributed by atoms with van der Waals surface area (Å²) in [4.78, 5) is 63.7. The van der Waals surface area contributed by atoms with Crippen LogP contribution in [0.1, 0.15) is 57.6 Å². The fourth-order valence-corrected chi connectivity index (χ4v) is 8.28. The first-order valence-electron chi connectivity index (χ1n) is 18.1. The number of carbonyl (C=O) groups is 4. The van der Waals surface area contributed by atoms with E-state index in [-0.39, 0.29) is 37.3 Å². The highest BCUT2D eigenvalue weighted by atomic mass is 16.6. The average Bonchev–Trinajstić information content (AvgIpc) is 3.79. The van der Waals surface area contributed by atoms with Gasteiger partial charge in [0, 0.05) is 46.2 Å². The van der Waals surface area contributed by atoms with Crippen molar-refractivity contribution in [3.63, 3.8) is 0 Å². The van der Waals surface area contributed by atoms with Crippen molar-refractivity contribution in [1.82, 2.24) is 19.6 Å². The molecule has 1 N–H and O–H groups in total. The van der Waals surface area contributed by atoms with Crippen LogP contribution in [0.15, 0.2) is 55.6 Å². The van der Waals surface area contributed by atoms with Crippen LogP contribution >= 0.6 is 0 Å². The molecule has 4 aliphatic heterocycles. The third-order valence-corrected chi connectivity index (χ3v) is 11.1. The topological polar surface area (TPSA) is 129 Å². The van der Waals surface area contributed by atoms with Gasteiger partial charge in [-0.1, -0.05) is 49.4 Å². The zero-order valence-electron chi connectivity index (χ0n) is 29.8. The Balaban J connectivity index is 1.44. The molecule has 12 heteroatoms. The van der Waals surface area contributed by atoms with Crippen LogP contribution in [0.3, 0.4) is 0 Å². The van der Waals surface area contributed by atoms with Gasteiger partial charge in [0.25, 0.3) is 0 Å². The van der Waals surface area contributed by atoms with Gasteiger partial charge in [-0.05, 0) is 38.2 Å². The molecular weight excluding hydrogens is 640 g/mol. The Kier molecular flexibility index (Phi) is 12.5. The second-order valence-electron chi connectivity index (χ2n) is 13.9.